The lowest BCUT2D eigenvalue weighted by molar-refractivity contribution is -0.124. The maximum Gasteiger partial charge on any atom is 0.356 e. The van der Waals surface area contributed by atoms with Crippen molar-refractivity contribution in [2.24, 2.45) is 0 Å². The molecule has 0 saturated heterocycles. The summed E-state index contributed by atoms with van der Waals surface area (Å²) in [5, 5.41) is 8.66. The number of H-pyrrole nitrogens is 1. The highest BCUT2D eigenvalue weighted by Crippen LogP contribution is 2.07. The summed E-state index contributed by atoms with van der Waals surface area (Å²) in [6.07, 6.45) is 1.43. The van der Waals surface area contributed by atoms with Gasteiger partial charge in [-0.25, -0.2) is 4.79 Å². The summed E-state index contributed by atoms with van der Waals surface area (Å²) in [6.45, 7) is 0.322. The van der Waals surface area contributed by atoms with Crippen LogP contribution in [-0.4, -0.2) is 41.8 Å². The van der Waals surface area contributed by atoms with Crippen molar-refractivity contribution in [3.8, 4) is 5.75 Å². The highest BCUT2D eigenvalue weighted by molar-refractivity contribution is 5.89. The van der Waals surface area contributed by atoms with Gasteiger partial charge in [0.1, 0.15) is 18.1 Å². The molecule has 0 spiro atoms. The Bertz CT molecular complexity index is 569. The van der Waals surface area contributed by atoms with Crippen LogP contribution >= 0.6 is 0 Å². The Morgan fingerprint density at radius 1 is 1.19 bits per heavy atom. The molecule has 0 atom stereocenters. The summed E-state index contributed by atoms with van der Waals surface area (Å²) in [4.78, 5) is 22.9. The first-order valence-corrected chi connectivity index (χ1v) is 6.37. The fourth-order valence-corrected chi connectivity index (χ4v) is 1.51. The van der Waals surface area contributed by atoms with Gasteiger partial charge in [-0.2, -0.15) is 5.10 Å². The van der Waals surface area contributed by atoms with E-state index in [9.17, 15) is 9.59 Å². The normalized spacial score (nSPS) is 9.90. The lowest BCUT2D eigenvalue weighted by atomic mass is 10.3. The molecule has 1 amide bonds. The molecule has 7 nitrogen and oxygen atoms in total. The van der Waals surface area contributed by atoms with E-state index in [1.807, 2.05) is 30.3 Å². The molecule has 0 radical (unpaired) electrons. The minimum absolute atomic E-state index is 0.204. The predicted octanol–water partition coefficient (Wildman–Crippen LogP) is 0.762. The smallest absolute Gasteiger partial charge is 0.356 e. The molecule has 110 valence electrons. The topological polar surface area (TPSA) is 93.3 Å². The second-order valence-electron chi connectivity index (χ2n) is 4.06. The van der Waals surface area contributed by atoms with Crippen molar-refractivity contribution in [3.05, 3.63) is 48.3 Å². The molecule has 0 fully saturated rings. The minimum atomic E-state index is -0.622. The molecule has 0 aliphatic rings. The monoisotopic (exact) mass is 289 g/mol. The number of para-hydroxylation sites is 1. The molecule has 2 rings (SSSR count). The van der Waals surface area contributed by atoms with Crippen LogP contribution in [0.5, 0.6) is 5.75 Å². The zero-order valence-electron chi connectivity index (χ0n) is 11.2. The van der Waals surface area contributed by atoms with E-state index in [4.69, 9.17) is 9.47 Å². The van der Waals surface area contributed by atoms with E-state index in [0.29, 0.717) is 13.2 Å². The summed E-state index contributed by atoms with van der Waals surface area (Å²) < 4.78 is 10.2. The number of benzene rings is 1. The summed E-state index contributed by atoms with van der Waals surface area (Å²) >= 11 is 0. The standard InChI is InChI=1S/C14H15N3O4/c18-13(10-21-14(19)12-6-7-16-17-12)15-8-9-20-11-4-2-1-3-5-11/h1-7H,8-10H2,(H,15,18)(H,16,17). The molecule has 2 aromatic rings. The minimum Gasteiger partial charge on any atom is -0.492 e. The number of esters is 1. The zero-order valence-corrected chi connectivity index (χ0v) is 11.2. The number of amides is 1. The number of hydrogen-bond acceptors (Lipinski definition) is 5. The summed E-state index contributed by atoms with van der Waals surface area (Å²) in [5.74, 6) is -0.278. The molecular formula is C14H15N3O4. The Morgan fingerprint density at radius 2 is 2.00 bits per heavy atom. The molecule has 0 aliphatic carbocycles. The van der Waals surface area contributed by atoms with Crippen molar-refractivity contribution < 1.29 is 19.1 Å². The van der Waals surface area contributed by atoms with Crippen LogP contribution in [-0.2, 0) is 9.53 Å². The molecule has 0 aliphatic heterocycles. The molecule has 0 saturated carbocycles. The Hall–Kier alpha value is -2.83. The van der Waals surface area contributed by atoms with E-state index in [1.165, 1.54) is 12.3 Å². The third-order valence-corrected chi connectivity index (χ3v) is 2.49. The van der Waals surface area contributed by atoms with E-state index in [1.54, 1.807) is 0 Å². The third kappa shape index (κ3) is 4.98. The number of rotatable bonds is 7. The average molecular weight is 289 g/mol. The third-order valence-electron chi connectivity index (χ3n) is 2.49. The van der Waals surface area contributed by atoms with Crippen molar-refractivity contribution in [1.82, 2.24) is 15.5 Å². The van der Waals surface area contributed by atoms with Gasteiger partial charge in [0, 0.05) is 6.20 Å². The molecule has 0 unspecified atom stereocenters. The molecule has 7 heteroatoms. The van der Waals surface area contributed by atoms with Gasteiger partial charge in [0.25, 0.3) is 5.91 Å². The lowest BCUT2D eigenvalue weighted by Crippen LogP contribution is -2.32. The van der Waals surface area contributed by atoms with Gasteiger partial charge in [-0.3, -0.25) is 9.89 Å². The predicted molar refractivity (Wildman–Crippen MR) is 73.8 cm³/mol. The van der Waals surface area contributed by atoms with E-state index in [0.717, 1.165) is 5.75 Å². The van der Waals surface area contributed by atoms with Gasteiger partial charge in [-0.1, -0.05) is 18.2 Å². The van der Waals surface area contributed by atoms with E-state index < -0.39 is 5.97 Å². The SMILES string of the molecule is O=C(COC(=O)c1ccn[nH]1)NCCOc1ccccc1. The van der Waals surface area contributed by atoms with Gasteiger partial charge >= 0.3 is 5.97 Å². The molecule has 21 heavy (non-hydrogen) atoms. The fourth-order valence-electron chi connectivity index (χ4n) is 1.51. The number of ether oxygens (including phenoxy) is 2. The summed E-state index contributed by atoms with van der Waals surface area (Å²) in [5.41, 5.74) is 0.204. The Labute approximate surface area is 121 Å². The first-order valence-electron chi connectivity index (χ1n) is 6.37. The van der Waals surface area contributed by atoms with E-state index in [2.05, 4.69) is 15.5 Å². The van der Waals surface area contributed by atoms with Gasteiger partial charge in [-0.15, -0.1) is 0 Å². The van der Waals surface area contributed by atoms with Gasteiger partial charge < -0.3 is 14.8 Å². The van der Waals surface area contributed by atoms with Gasteiger partial charge in [0.05, 0.1) is 6.54 Å². The maximum atomic E-state index is 11.5. The van der Waals surface area contributed by atoms with Gasteiger partial charge in [0.2, 0.25) is 0 Å². The highest BCUT2D eigenvalue weighted by atomic mass is 16.5. The van der Waals surface area contributed by atoms with Gasteiger partial charge in [0.15, 0.2) is 6.61 Å². The number of hydrogen-bond donors (Lipinski definition) is 2. The quantitative estimate of drug-likeness (QED) is 0.580. The molecule has 2 N–H and O–H groups in total. The fraction of sp³-hybridized carbons (Fsp3) is 0.214. The lowest BCUT2D eigenvalue weighted by Gasteiger charge is -2.07. The summed E-state index contributed by atoms with van der Waals surface area (Å²) in [7, 11) is 0. The van der Waals surface area contributed by atoms with Crippen LogP contribution in [0.3, 0.4) is 0 Å². The second kappa shape index (κ2) is 7.68. The first-order chi connectivity index (χ1) is 10.3. The highest BCUT2D eigenvalue weighted by Gasteiger charge is 2.10. The van der Waals surface area contributed by atoms with Crippen molar-refractivity contribution in [2.45, 2.75) is 0 Å². The van der Waals surface area contributed by atoms with Crippen molar-refractivity contribution >= 4 is 11.9 Å². The van der Waals surface area contributed by atoms with Crippen LogP contribution in [0, 0.1) is 0 Å². The number of nitrogens with one attached hydrogen (secondary N) is 2. The van der Waals surface area contributed by atoms with Gasteiger partial charge in [-0.05, 0) is 18.2 Å². The zero-order chi connectivity index (χ0) is 14.9. The molecule has 1 aromatic carbocycles. The van der Waals surface area contributed by atoms with Crippen LogP contribution in [0.1, 0.15) is 10.5 Å². The molecule has 1 heterocycles. The number of carbonyl (C=O) groups excluding carboxylic acids is 2. The maximum absolute atomic E-state index is 11.5. The number of aromatic amines is 1. The molecule has 1 aromatic heterocycles. The number of aromatic nitrogens is 2. The van der Waals surface area contributed by atoms with Crippen LogP contribution < -0.4 is 10.1 Å². The van der Waals surface area contributed by atoms with Crippen LogP contribution in [0.15, 0.2) is 42.6 Å². The van der Waals surface area contributed by atoms with E-state index >= 15 is 0 Å². The van der Waals surface area contributed by atoms with Crippen molar-refractivity contribution in [2.75, 3.05) is 19.8 Å². The first kappa shape index (κ1) is 14.6. The van der Waals surface area contributed by atoms with Crippen molar-refractivity contribution in [3.63, 3.8) is 0 Å². The van der Waals surface area contributed by atoms with E-state index in [-0.39, 0.29) is 18.2 Å². The Balaban J connectivity index is 1.59. The van der Waals surface area contributed by atoms with Crippen LogP contribution in [0.2, 0.25) is 0 Å². The largest absolute Gasteiger partial charge is 0.492 e. The second-order valence-corrected chi connectivity index (χ2v) is 4.06. The van der Waals surface area contributed by atoms with Crippen molar-refractivity contribution in [1.29, 1.82) is 0 Å². The Kier molecular flexibility index (Phi) is 5.33. The molecular weight excluding hydrogens is 274 g/mol. The molecule has 0 bridgehead atoms. The number of carbonyl (C=O) groups is 2. The summed E-state index contributed by atoms with van der Waals surface area (Å²) in [6, 6.07) is 10.7. The van der Waals surface area contributed by atoms with Crippen LogP contribution in [0.4, 0.5) is 0 Å². The Morgan fingerprint density at radius 3 is 2.71 bits per heavy atom. The van der Waals surface area contributed by atoms with Crippen LogP contribution in [0.25, 0.3) is 0 Å². The average Bonchev–Trinajstić information content (AvgIpc) is 3.05. The number of nitrogens with zero attached hydrogens (tertiary/aromatic N) is 1.